The second-order valence-corrected chi connectivity index (χ2v) is 5.03. The standard InChI is InChI=1S/C14H21NO/c1-10-3-5-12(6-4-10)13-7-14(8-13)15-11(2)9-16/h3-6,11,13-16H,7-9H2,1-2H3. The maximum atomic E-state index is 8.95. The number of aryl methyl sites for hydroxylation is 1. The first-order valence-electron chi connectivity index (χ1n) is 6.12. The van der Waals surface area contributed by atoms with Crippen molar-refractivity contribution < 1.29 is 5.11 Å². The molecule has 2 rings (SSSR count). The third-order valence-corrected chi connectivity index (χ3v) is 3.48. The molecule has 0 bridgehead atoms. The van der Waals surface area contributed by atoms with Crippen molar-refractivity contribution in [1.29, 1.82) is 0 Å². The number of aliphatic hydroxyl groups excluding tert-OH is 1. The molecule has 1 aromatic rings. The van der Waals surface area contributed by atoms with Gasteiger partial charge >= 0.3 is 0 Å². The summed E-state index contributed by atoms with van der Waals surface area (Å²) in [5.41, 5.74) is 2.78. The van der Waals surface area contributed by atoms with Crippen molar-refractivity contribution in [2.75, 3.05) is 6.61 Å². The number of benzene rings is 1. The van der Waals surface area contributed by atoms with Crippen LogP contribution < -0.4 is 5.32 Å². The lowest BCUT2D eigenvalue weighted by molar-refractivity contribution is 0.204. The van der Waals surface area contributed by atoms with Crippen LogP contribution in [0.25, 0.3) is 0 Å². The SMILES string of the molecule is Cc1ccc(C2CC(NC(C)CO)C2)cc1. The summed E-state index contributed by atoms with van der Waals surface area (Å²) in [6, 6.07) is 9.67. The fourth-order valence-corrected chi connectivity index (χ4v) is 2.32. The minimum Gasteiger partial charge on any atom is -0.395 e. The zero-order valence-corrected chi connectivity index (χ0v) is 10.1. The molecule has 0 spiro atoms. The number of hydrogen-bond acceptors (Lipinski definition) is 2. The van der Waals surface area contributed by atoms with Crippen LogP contribution in [0.2, 0.25) is 0 Å². The van der Waals surface area contributed by atoms with Crippen molar-refractivity contribution in [3.05, 3.63) is 35.4 Å². The van der Waals surface area contributed by atoms with Gasteiger partial charge < -0.3 is 10.4 Å². The fraction of sp³-hybridized carbons (Fsp3) is 0.571. The highest BCUT2D eigenvalue weighted by Gasteiger charge is 2.30. The fourth-order valence-electron chi connectivity index (χ4n) is 2.32. The minimum absolute atomic E-state index is 0.226. The summed E-state index contributed by atoms with van der Waals surface area (Å²) >= 11 is 0. The van der Waals surface area contributed by atoms with Crippen LogP contribution in [0.4, 0.5) is 0 Å². The molecule has 88 valence electrons. The molecule has 1 unspecified atom stereocenters. The molecule has 0 aliphatic heterocycles. The molecule has 1 aliphatic carbocycles. The van der Waals surface area contributed by atoms with Crippen LogP contribution in [0.5, 0.6) is 0 Å². The van der Waals surface area contributed by atoms with E-state index >= 15 is 0 Å². The molecule has 1 aromatic carbocycles. The molecule has 2 nitrogen and oxygen atoms in total. The molecule has 0 aromatic heterocycles. The number of rotatable bonds is 4. The summed E-state index contributed by atoms with van der Waals surface area (Å²) in [4.78, 5) is 0. The summed E-state index contributed by atoms with van der Waals surface area (Å²) in [6.07, 6.45) is 2.40. The summed E-state index contributed by atoms with van der Waals surface area (Å²) in [5, 5.41) is 12.4. The topological polar surface area (TPSA) is 32.3 Å². The van der Waals surface area contributed by atoms with Crippen molar-refractivity contribution in [2.24, 2.45) is 0 Å². The number of aliphatic hydroxyl groups is 1. The maximum Gasteiger partial charge on any atom is 0.0582 e. The molecule has 1 fully saturated rings. The average molecular weight is 219 g/mol. The molecular formula is C14H21NO. The summed E-state index contributed by atoms with van der Waals surface area (Å²) in [5.74, 6) is 0.712. The van der Waals surface area contributed by atoms with Crippen molar-refractivity contribution in [2.45, 2.75) is 44.7 Å². The lowest BCUT2D eigenvalue weighted by Crippen LogP contribution is -2.45. The average Bonchev–Trinajstić information content (AvgIpc) is 2.24. The van der Waals surface area contributed by atoms with Gasteiger partial charge in [-0.2, -0.15) is 0 Å². The van der Waals surface area contributed by atoms with Gasteiger partial charge in [-0.3, -0.25) is 0 Å². The smallest absolute Gasteiger partial charge is 0.0582 e. The van der Waals surface area contributed by atoms with E-state index in [-0.39, 0.29) is 12.6 Å². The summed E-state index contributed by atoms with van der Waals surface area (Å²) in [6.45, 7) is 4.38. The molecule has 0 amide bonds. The van der Waals surface area contributed by atoms with Crippen LogP contribution in [0.15, 0.2) is 24.3 Å². The van der Waals surface area contributed by atoms with Crippen LogP contribution in [-0.2, 0) is 0 Å². The highest BCUT2D eigenvalue weighted by atomic mass is 16.3. The zero-order valence-electron chi connectivity index (χ0n) is 10.1. The van der Waals surface area contributed by atoms with Gasteiger partial charge in [-0.05, 0) is 38.2 Å². The first kappa shape index (κ1) is 11.6. The first-order chi connectivity index (χ1) is 7.69. The van der Waals surface area contributed by atoms with E-state index in [1.165, 1.54) is 24.0 Å². The van der Waals surface area contributed by atoms with Crippen LogP contribution in [0.3, 0.4) is 0 Å². The third kappa shape index (κ3) is 2.63. The largest absolute Gasteiger partial charge is 0.395 e. The van der Waals surface area contributed by atoms with Gasteiger partial charge in [0.25, 0.3) is 0 Å². The molecule has 1 saturated carbocycles. The van der Waals surface area contributed by atoms with Crippen molar-refractivity contribution in [3.63, 3.8) is 0 Å². The predicted molar refractivity (Wildman–Crippen MR) is 66.6 cm³/mol. The Morgan fingerprint density at radius 1 is 1.31 bits per heavy atom. The highest BCUT2D eigenvalue weighted by molar-refractivity contribution is 5.26. The van der Waals surface area contributed by atoms with Crippen molar-refractivity contribution in [1.82, 2.24) is 5.32 Å². The van der Waals surface area contributed by atoms with Crippen LogP contribution in [-0.4, -0.2) is 23.8 Å². The second kappa shape index (κ2) is 4.98. The second-order valence-electron chi connectivity index (χ2n) is 5.03. The number of nitrogens with one attached hydrogen (secondary N) is 1. The van der Waals surface area contributed by atoms with Crippen LogP contribution in [0.1, 0.15) is 36.8 Å². The van der Waals surface area contributed by atoms with Gasteiger partial charge in [0.15, 0.2) is 0 Å². The van der Waals surface area contributed by atoms with E-state index in [4.69, 9.17) is 5.11 Å². The Balaban J connectivity index is 1.82. The van der Waals surface area contributed by atoms with E-state index in [0.29, 0.717) is 12.0 Å². The van der Waals surface area contributed by atoms with Crippen molar-refractivity contribution >= 4 is 0 Å². The van der Waals surface area contributed by atoms with Gasteiger partial charge in [-0.25, -0.2) is 0 Å². The molecule has 1 atom stereocenters. The van der Waals surface area contributed by atoms with E-state index in [1.807, 2.05) is 6.92 Å². The molecule has 1 aliphatic rings. The monoisotopic (exact) mass is 219 g/mol. The van der Waals surface area contributed by atoms with E-state index in [9.17, 15) is 0 Å². The normalized spacial score (nSPS) is 26.2. The van der Waals surface area contributed by atoms with Gasteiger partial charge in [0.05, 0.1) is 6.61 Å². The Labute approximate surface area is 97.7 Å². The van der Waals surface area contributed by atoms with Crippen LogP contribution in [0, 0.1) is 6.92 Å². The molecule has 0 radical (unpaired) electrons. The van der Waals surface area contributed by atoms with Crippen LogP contribution >= 0.6 is 0 Å². The lowest BCUT2D eigenvalue weighted by atomic mass is 9.75. The molecule has 2 heteroatoms. The minimum atomic E-state index is 0.226. The molecule has 2 N–H and O–H groups in total. The number of hydrogen-bond donors (Lipinski definition) is 2. The molecular weight excluding hydrogens is 198 g/mol. The van der Waals surface area contributed by atoms with Gasteiger partial charge in [-0.1, -0.05) is 29.8 Å². The molecule has 16 heavy (non-hydrogen) atoms. The van der Waals surface area contributed by atoms with E-state index in [2.05, 4.69) is 36.5 Å². The quantitative estimate of drug-likeness (QED) is 0.813. The Hall–Kier alpha value is -0.860. The molecule has 0 saturated heterocycles. The van der Waals surface area contributed by atoms with E-state index in [1.54, 1.807) is 0 Å². The van der Waals surface area contributed by atoms with E-state index in [0.717, 1.165) is 0 Å². The maximum absolute atomic E-state index is 8.95. The van der Waals surface area contributed by atoms with Gasteiger partial charge in [0.2, 0.25) is 0 Å². The summed E-state index contributed by atoms with van der Waals surface area (Å²) < 4.78 is 0. The lowest BCUT2D eigenvalue weighted by Gasteiger charge is -2.38. The van der Waals surface area contributed by atoms with Gasteiger partial charge in [0.1, 0.15) is 0 Å². The highest BCUT2D eigenvalue weighted by Crippen LogP contribution is 2.36. The summed E-state index contributed by atoms with van der Waals surface area (Å²) in [7, 11) is 0. The Morgan fingerprint density at radius 2 is 1.94 bits per heavy atom. The Kier molecular flexibility index (Phi) is 3.62. The first-order valence-corrected chi connectivity index (χ1v) is 6.12. The van der Waals surface area contributed by atoms with E-state index < -0.39 is 0 Å². The van der Waals surface area contributed by atoms with Gasteiger partial charge in [0, 0.05) is 12.1 Å². The molecule has 0 heterocycles. The third-order valence-electron chi connectivity index (χ3n) is 3.48. The Bertz CT molecular complexity index is 327. The zero-order chi connectivity index (χ0) is 11.5. The predicted octanol–water partition coefficient (Wildman–Crippen LogP) is 2.21. The Morgan fingerprint density at radius 3 is 2.50 bits per heavy atom. The van der Waals surface area contributed by atoms with Gasteiger partial charge in [-0.15, -0.1) is 0 Å². The van der Waals surface area contributed by atoms with Crippen molar-refractivity contribution in [3.8, 4) is 0 Å².